The van der Waals surface area contributed by atoms with E-state index in [9.17, 15) is 9.59 Å². The fourth-order valence-corrected chi connectivity index (χ4v) is 4.65. The van der Waals surface area contributed by atoms with Gasteiger partial charge < -0.3 is 10.6 Å². The van der Waals surface area contributed by atoms with Crippen LogP contribution in [-0.2, 0) is 11.3 Å². The highest BCUT2D eigenvalue weighted by Crippen LogP contribution is 2.17. The third-order valence-corrected chi connectivity index (χ3v) is 6.52. The third kappa shape index (κ3) is 6.45. The van der Waals surface area contributed by atoms with Crippen molar-refractivity contribution in [2.45, 2.75) is 51.7 Å². The van der Waals surface area contributed by atoms with Crippen molar-refractivity contribution in [1.82, 2.24) is 15.5 Å². The summed E-state index contributed by atoms with van der Waals surface area (Å²) >= 11 is 0. The number of nitrogens with zero attached hydrogens (tertiary/aromatic N) is 1. The maximum Gasteiger partial charge on any atom is 0.251 e. The molecule has 0 saturated carbocycles. The summed E-state index contributed by atoms with van der Waals surface area (Å²) in [5, 5.41) is 8.32. The summed E-state index contributed by atoms with van der Waals surface area (Å²) in [7, 11) is 0. The van der Waals surface area contributed by atoms with E-state index < -0.39 is 6.04 Å². The Morgan fingerprint density at radius 1 is 0.912 bits per heavy atom. The van der Waals surface area contributed by atoms with Crippen LogP contribution >= 0.6 is 0 Å². The van der Waals surface area contributed by atoms with Crippen LogP contribution in [0.1, 0.15) is 49.0 Å². The summed E-state index contributed by atoms with van der Waals surface area (Å²) in [5.74, 6) is 0.00829. The molecule has 34 heavy (non-hydrogen) atoms. The van der Waals surface area contributed by atoms with Crippen molar-refractivity contribution in [1.29, 1.82) is 0 Å². The molecule has 5 heteroatoms. The standard InChI is InChI=1S/C29H35N3O2/c1-21(2)18-27(31-28(33)25-13-12-23-10-6-7-11-24(23)19-25)29(34)30-26-14-16-32(17-15-26)20-22-8-4-3-5-9-22/h3-13,19,21,26-27H,14-18,20H2,1-2H3,(H,30,34)(H,31,33). The first-order valence-electron chi connectivity index (χ1n) is 12.3. The Bertz CT molecular complexity index is 1100. The van der Waals surface area contributed by atoms with E-state index in [1.807, 2.05) is 48.5 Å². The molecule has 2 amide bonds. The van der Waals surface area contributed by atoms with Gasteiger partial charge in [-0.2, -0.15) is 0 Å². The molecule has 178 valence electrons. The maximum atomic E-state index is 13.2. The largest absolute Gasteiger partial charge is 0.351 e. The average molecular weight is 458 g/mol. The highest BCUT2D eigenvalue weighted by molar-refractivity contribution is 6.00. The van der Waals surface area contributed by atoms with Gasteiger partial charge in [-0.1, -0.05) is 74.5 Å². The first kappa shape index (κ1) is 24.0. The van der Waals surface area contributed by atoms with E-state index in [-0.39, 0.29) is 17.9 Å². The monoisotopic (exact) mass is 457 g/mol. The lowest BCUT2D eigenvalue weighted by Gasteiger charge is -2.33. The van der Waals surface area contributed by atoms with Gasteiger partial charge in [0.2, 0.25) is 5.91 Å². The summed E-state index contributed by atoms with van der Waals surface area (Å²) < 4.78 is 0. The van der Waals surface area contributed by atoms with Gasteiger partial charge in [-0.15, -0.1) is 0 Å². The van der Waals surface area contributed by atoms with Crippen molar-refractivity contribution in [3.05, 3.63) is 83.9 Å². The molecule has 1 aliphatic heterocycles. The topological polar surface area (TPSA) is 61.4 Å². The van der Waals surface area contributed by atoms with E-state index in [1.54, 1.807) is 0 Å². The number of amides is 2. The van der Waals surface area contributed by atoms with Gasteiger partial charge in [-0.05, 0) is 53.6 Å². The number of hydrogen-bond acceptors (Lipinski definition) is 3. The number of carbonyl (C=O) groups is 2. The first-order chi connectivity index (χ1) is 16.5. The molecule has 3 aromatic carbocycles. The fraction of sp³-hybridized carbons (Fsp3) is 0.379. The van der Waals surface area contributed by atoms with E-state index in [2.05, 4.69) is 53.6 Å². The Labute approximate surface area is 202 Å². The van der Waals surface area contributed by atoms with Crippen LogP contribution in [0.2, 0.25) is 0 Å². The molecule has 1 unspecified atom stereocenters. The lowest BCUT2D eigenvalue weighted by atomic mass is 10.00. The van der Waals surface area contributed by atoms with Gasteiger partial charge >= 0.3 is 0 Å². The molecule has 1 heterocycles. The molecule has 1 fully saturated rings. The molecule has 0 aromatic heterocycles. The minimum atomic E-state index is -0.540. The number of benzene rings is 3. The highest BCUT2D eigenvalue weighted by atomic mass is 16.2. The molecule has 1 atom stereocenters. The van der Waals surface area contributed by atoms with Gasteiger partial charge in [-0.3, -0.25) is 14.5 Å². The van der Waals surface area contributed by atoms with Gasteiger partial charge in [0.15, 0.2) is 0 Å². The van der Waals surface area contributed by atoms with E-state index in [4.69, 9.17) is 0 Å². The number of hydrogen-bond donors (Lipinski definition) is 2. The van der Waals surface area contributed by atoms with Crippen LogP contribution < -0.4 is 10.6 Å². The zero-order chi connectivity index (χ0) is 23.9. The summed E-state index contributed by atoms with van der Waals surface area (Å²) in [6.45, 7) is 7.00. The minimum absolute atomic E-state index is 0.0793. The molecule has 0 aliphatic carbocycles. The van der Waals surface area contributed by atoms with Crippen molar-refractivity contribution in [2.75, 3.05) is 13.1 Å². The summed E-state index contributed by atoms with van der Waals surface area (Å²) in [6.07, 6.45) is 2.45. The Hall–Kier alpha value is -3.18. The molecule has 2 N–H and O–H groups in total. The van der Waals surface area contributed by atoms with Gasteiger partial charge in [0.05, 0.1) is 0 Å². The van der Waals surface area contributed by atoms with E-state index >= 15 is 0 Å². The van der Waals surface area contributed by atoms with Crippen molar-refractivity contribution in [3.63, 3.8) is 0 Å². The first-order valence-corrected chi connectivity index (χ1v) is 12.3. The van der Waals surface area contributed by atoms with Crippen molar-refractivity contribution < 1.29 is 9.59 Å². The second-order valence-corrected chi connectivity index (χ2v) is 9.76. The molecule has 0 bridgehead atoms. The normalized spacial score (nSPS) is 15.9. The molecule has 0 radical (unpaired) electrons. The predicted octanol–water partition coefficient (Wildman–Crippen LogP) is 4.77. The average Bonchev–Trinajstić information content (AvgIpc) is 2.85. The van der Waals surface area contributed by atoms with Crippen LogP contribution in [-0.4, -0.2) is 41.9 Å². The van der Waals surface area contributed by atoms with E-state index in [1.165, 1.54) is 5.56 Å². The van der Waals surface area contributed by atoms with Crippen LogP contribution in [0, 0.1) is 5.92 Å². The highest BCUT2D eigenvalue weighted by Gasteiger charge is 2.27. The molecule has 3 aromatic rings. The lowest BCUT2D eigenvalue weighted by Crippen LogP contribution is -2.52. The number of fused-ring (bicyclic) bond motifs is 1. The third-order valence-electron chi connectivity index (χ3n) is 6.52. The van der Waals surface area contributed by atoms with Crippen LogP contribution in [0.5, 0.6) is 0 Å². The number of rotatable bonds is 8. The van der Waals surface area contributed by atoms with Gasteiger partial charge in [-0.25, -0.2) is 0 Å². The number of likely N-dealkylation sites (tertiary alicyclic amines) is 1. The van der Waals surface area contributed by atoms with Crippen LogP contribution in [0.3, 0.4) is 0 Å². The smallest absolute Gasteiger partial charge is 0.251 e. The molecule has 0 spiro atoms. The van der Waals surface area contributed by atoms with Crippen molar-refractivity contribution in [3.8, 4) is 0 Å². The maximum absolute atomic E-state index is 13.2. The molecule has 1 saturated heterocycles. The predicted molar refractivity (Wildman–Crippen MR) is 138 cm³/mol. The Morgan fingerprint density at radius 2 is 1.59 bits per heavy atom. The van der Waals surface area contributed by atoms with E-state index in [0.717, 1.165) is 43.2 Å². The van der Waals surface area contributed by atoms with Gasteiger partial charge in [0.25, 0.3) is 5.91 Å². The molecular weight excluding hydrogens is 422 g/mol. The van der Waals surface area contributed by atoms with Crippen LogP contribution in [0.4, 0.5) is 0 Å². The quantitative estimate of drug-likeness (QED) is 0.512. The number of carbonyl (C=O) groups excluding carboxylic acids is 2. The Kier molecular flexibility index (Phi) is 7.96. The molecule has 1 aliphatic rings. The van der Waals surface area contributed by atoms with Crippen molar-refractivity contribution in [2.24, 2.45) is 5.92 Å². The Balaban J connectivity index is 1.33. The second kappa shape index (κ2) is 11.3. The fourth-order valence-electron chi connectivity index (χ4n) is 4.65. The van der Waals surface area contributed by atoms with Gasteiger partial charge in [0.1, 0.15) is 6.04 Å². The van der Waals surface area contributed by atoms with Crippen LogP contribution in [0.15, 0.2) is 72.8 Å². The second-order valence-electron chi connectivity index (χ2n) is 9.76. The Morgan fingerprint density at radius 3 is 2.29 bits per heavy atom. The number of piperidine rings is 1. The SMILES string of the molecule is CC(C)CC(NC(=O)c1ccc2ccccc2c1)C(=O)NC1CCN(Cc2ccccc2)CC1. The van der Waals surface area contributed by atoms with Gasteiger partial charge in [0, 0.05) is 31.2 Å². The zero-order valence-electron chi connectivity index (χ0n) is 20.2. The minimum Gasteiger partial charge on any atom is -0.351 e. The van der Waals surface area contributed by atoms with Crippen LogP contribution in [0.25, 0.3) is 10.8 Å². The number of nitrogens with one attached hydrogen (secondary N) is 2. The molecule has 5 nitrogen and oxygen atoms in total. The summed E-state index contributed by atoms with van der Waals surface area (Å²) in [6, 6.07) is 23.7. The van der Waals surface area contributed by atoms with E-state index in [0.29, 0.717) is 17.9 Å². The molecule has 4 rings (SSSR count). The lowest BCUT2D eigenvalue weighted by molar-refractivity contribution is -0.124. The summed E-state index contributed by atoms with van der Waals surface area (Å²) in [5.41, 5.74) is 1.90. The molecular formula is C29H35N3O2. The summed E-state index contributed by atoms with van der Waals surface area (Å²) in [4.78, 5) is 28.6. The zero-order valence-corrected chi connectivity index (χ0v) is 20.2. The van der Waals surface area contributed by atoms with Crippen molar-refractivity contribution >= 4 is 22.6 Å².